The van der Waals surface area contributed by atoms with E-state index in [1.165, 1.54) is 24.3 Å². The Kier molecular flexibility index (Phi) is 7.37. The fourth-order valence-corrected chi connectivity index (χ4v) is 3.49. The summed E-state index contributed by atoms with van der Waals surface area (Å²) in [6.45, 7) is 2.12. The Morgan fingerprint density at radius 3 is 2.61 bits per heavy atom. The fourth-order valence-electron chi connectivity index (χ4n) is 3.31. The predicted octanol–water partition coefficient (Wildman–Crippen LogP) is 3.15. The molecule has 0 atom stereocenters. The summed E-state index contributed by atoms with van der Waals surface area (Å²) in [5.41, 5.74) is 8.01. The van der Waals surface area contributed by atoms with Crippen molar-refractivity contribution >= 4 is 29.6 Å². The third-order valence-corrected chi connectivity index (χ3v) is 5.22. The predicted molar refractivity (Wildman–Crippen MR) is 118 cm³/mol. The number of likely N-dealkylation sites (N-methyl/N-ethyl adjacent to an activating group) is 1. The van der Waals surface area contributed by atoms with Gasteiger partial charge in [0.1, 0.15) is 23.4 Å². The topological polar surface area (TPSA) is 117 Å². The molecule has 0 spiro atoms. The van der Waals surface area contributed by atoms with Gasteiger partial charge < -0.3 is 11.1 Å². The third-order valence-electron chi connectivity index (χ3n) is 4.93. The van der Waals surface area contributed by atoms with Crippen LogP contribution in [0.2, 0.25) is 5.02 Å². The van der Waals surface area contributed by atoms with E-state index in [9.17, 15) is 18.4 Å². The molecule has 4 rings (SSSR count). The van der Waals surface area contributed by atoms with Crippen molar-refractivity contribution in [1.82, 2.24) is 14.7 Å². The second-order valence-corrected chi connectivity index (χ2v) is 7.60. The van der Waals surface area contributed by atoms with E-state index in [2.05, 4.69) is 15.3 Å². The molecule has 0 unspecified atom stereocenters. The van der Waals surface area contributed by atoms with Crippen molar-refractivity contribution in [1.29, 1.82) is 5.26 Å². The van der Waals surface area contributed by atoms with Crippen LogP contribution >= 0.6 is 11.6 Å². The average Bonchev–Trinajstić information content (AvgIpc) is 3.15. The number of halogens is 3. The number of nitrogens with one attached hydrogen (secondary N) is 1. The molecule has 2 aromatic carbocycles. The van der Waals surface area contributed by atoms with Crippen molar-refractivity contribution in [3.05, 3.63) is 69.9 Å². The third kappa shape index (κ3) is 5.34. The number of primary amides is 1. The summed E-state index contributed by atoms with van der Waals surface area (Å²) in [7, 11) is 1.97. The molecule has 3 aromatic rings. The Bertz CT molecular complexity index is 1250. The summed E-state index contributed by atoms with van der Waals surface area (Å²) < 4.78 is 27.9. The van der Waals surface area contributed by atoms with Gasteiger partial charge in [-0.15, -0.1) is 0 Å². The van der Waals surface area contributed by atoms with Gasteiger partial charge in [-0.05, 0) is 43.4 Å². The van der Waals surface area contributed by atoms with Gasteiger partial charge in [-0.25, -0.2) is 8.78 Å². The van der Waals surface area contributed by atoms with Crippen LogP contribution in [0.25, 0.3) is 11.3 Å². The van der Waals surface area contributed by atoms with E-state index in [1.54, 1.807) is 16.8 Å². The molecule has 11 heteroatoms. The molecule has 2 heterocycles. The summed E-state index contributed by atoms with van der Waals surface area (Å²) in [4.78, 5) is 23.9. The van der Waals surface area contributed by atoms with Crippen LogP contribution in [0.15, 0.2) is 36.4 Å². The van der Waals surface area contributed by atoms with Crippen LogP contribution in [0, 0.1) is 23.0 Å². The van der Waals surface area contributed by atoms with Gasteiger partial charge in [0, 0.05) is 24.3 Å². The number of hydrogen-bond acceptors (Lipinski definition) is 5. The van der Waals surface area contributed by atoms with Crippen LogP contribution < -0.4 is 11.1 Å². The zero-order valence-corrected chi connectivity index (χ0v) is 18.2. The normalized spacial score (nSPS) is 12.7. The van der Waals surface area contributed by atoms with Crippen LogP contribution in [0.3, 0.4) is 0 Å². The summed E-state index contributed by atoms with van der Waals surface area (Å²) in [6.07, 6.45) is 0.445. The van der Waals surface area contributed by atoms with E-state index >= 15 is 0 Å². The molecule has 1 aliphatic rings. The molecule has 1 aliphatic heterocycles. The lowest BCUT2D eigenvalue weighted by Gasteiger charge is -2.23. The first kappa shape index (κ1) is 23.8. The number of amides is 2. The summed E-state index contributed by atoms with van der Waals surface area (Å²) in [5, 5.41) is 15.1. The molecule has 8 nitrogen and oxygen atoms in total. The van der Waals surface area contributed by atoms with E-state index in [1.807, 2.05) is 7.05 Å². The molecule has 0 saturated carbocycles. The molecule has 1 aromatic heterocycles. The highest BCUT2D eigenvalue weighted by molar-refractivity contribution is 6.31. The van der Waals surface area contributed by atoms with Crippen LogP contribution in [-0.4, -0.2) is 40.6 Å². The first-order chi connectivity index (χ1) is 15.7. The molecular weight excluding hydrogens is 454 g/mol. The largest absolute Gasteiger partial charge is 0.365 e. The number of hydrogen-bond donors (Lipinski definition) is 2. The van der Waals surface area contributed by atoms with Crippen LogP contribution in [-0.2, 0) is 17.9 Å². The number of carbonyl (C=O) groups excluding carboxylic acids is 2. The Morgan fingerprint density at radius 2 is 2.00 bits per heavy atom. The van der Waals surface area contributed by atoms with Gasteiger partial charge in [0.2, 0.25) is 6.41 Å². The number of rotatable bonds is 4. The maximum absolute atomic E-state index is 13.3. The van der Waals surface area contributed by atoms with Gasteiger partial charge in [-0.2, -0.15) is 10.4 Å². The Balaban J connectivity index is 0.000000218. The number of benzene rings is 2. The fraction of sp³-hybridized carbons (Fsp3) is 0.182. The molecule has 2 amide bonds. The van der Waals surface area contributed by atoms with E-state index in [-0.39, 0.29) is 10.6 Å². The molecular formula is C22H19ClF2N6O2. The summed E-state index contributed by atoms with van der Waals surface area (Å²) in [5.74, 6) is -1.68. The van der Waals surface area contributed by atoms with Gasteiger partial charge in [0.25, 0.3) is 5.91 Å². The van der Waals surface area contributed by atoms with Gasteiger partial charge >= 0.3 is 0 Å². The highest BCUT2D eigenvalue weighted by Crippen LogP contribution is 2.30. The van der Waals surface area contributed by atoms with E-state index in [0.717, 1.165) is 18.3 Å². The van der Waals surface area contributed by atoms with E-state index < -0.39 is 17.5 Å². The SMILES string of the molecule is CN1CCn2nc(-c3ccc(F)c(Cl)c3)c(C(N)=O)c2C1.N#Cc1ccc(NC=O)cc1F. The van der Waals surface area contributed by atoms with Crippen molar-refractivity contribution in [3.8, 4) is 17.3 Å². The van der Waals surface area contributed by atoms with Crippen molar-refractivity contribution < 1.29 is 18.4 Å². The molecule has 170 valence electrons. The minimum atomic E-state index is -0.635. The first-order valence-electron chi connectivity index (χ1n) is 9.68. The average molecular weight is 473 g/mol. The zero-order valence-electron chi connectivity index (χ0n) is 17.5. The van der Waals surface area contributed by atoms with E-state index in [0.29, 0.717) is 42.0 Å². The molecule has 0 aliphatic carbocycles. The quantitative estimate of drug-likeness (QED) is 0.566. The lowest BCUT2D eigenvalue weighted by atomic mass is 10.0. The minimum Gasteiger partial charge on any atom is -0.365 e. The van der Waals surface area contributed by atoms with Gasteiger partial charge in [0.05, 0.1) is 28.4 Å². The first-order valence-corrected chi connectivity index (χ1v) is 10.1. The smallest absolute Gasteiger partial charge is 0.252 e. The summed E-state index contributed by atoms with van der Waals surface area (Å²) in [6, 6.07) is 9.79. The standard InChI is InChI=1S/C14H14ClFN4O.C8H5FN2O/c1-19-4-5-20-11(7-19)12(14(17)21)13(18-20)8-2-3-10(16)9(15)6-8;9-8-3-7(11-5-12)2-1-6(8)4-10/h2-3,6H,4-5,7H2,1H3,(H2,17,21);1-3,5H,(H,11,12). The Hall–Kier alpha value is -3.81. The molecule has 0 radical (unpaired) electrons. The van der Waals surface area contributed by atoms with Gasteiger partial charge in [-0.3, -0.25) is 19.2 Å². The maximum Gasteiger partial charge on any atom is 0.252 e. The monoisotopic (exact) mass is 472 g/mol. The number of nitrogens with two attached hydrogens (primary N) is 1. The van der Waals surface area contributed by atoms with E-state index in [4.69, 9.17) is 22.6 Å². The van der Waals surface area contributed by atoms with Crippen LogP contribution in [0.5, 0.6) is 0 Å². The lowest BCUT2D eigenvalue weighted by molar-refractivity contribution is -0.105. The Morgan fingerprint density at radius 1 is 1.24 bits per heavy atom. The highest BCUT2D eigenvalue weighted by atomic mass is 35.5. The van der Waals surface area contributed by atoms with Gasteiger partial charge in [-0.1, -0.05) is 11.6 Å². The highest BCUT2D eigenvalue weighted by Gasteiger charge is 2.26. The van der Waals surface area contributed by atoms with Crippen LogP contribution in [0.1, 0.15) is 21.6 Å². The number of anilines is 1. The van der Waals surface area contributed by atoms with Crippen molar-refractivity contribution in [2.24, 2.45) is 5.73 Å². The van der Waals surface area contributed by atoms with Crippen molar-refractivity contribution in [2.45, 2.75) is 13.1 Å². The van der Waals surface area contributed by atoms with Crippen molar-refractivity contribution in [2.75, 3.05) is 18.9 Å². The number of aromatic nitrogens is 2. The molecule has 3 N–H and O–H groups in total. The molecule has 0 saturated heterocycles. The summed E-state index contributed by atoms with van der Waals surface area (Å²) >= 11 is 5.81. The van der Waals surface area contributed by atoms with Gasteiger partial charge in [0.15, 0.2) is 0 Å². The van der Waals surface area contributed by atoms with Crippen LogP contribution in [0.4, 0.5) is 14.5 Å². The van der Waals surface area contributed by atoms with Crippen molar-refractivity contribution in [3.63, 3.8) is 0 Å². The number of carbonyl (C=O) groups is 2. The number of fused-ring (bicyclic) bond motifs is 1. The maximum atomic E-state index is 13.3. The zero-order chi connectivity index (χ0) is 24.1. The molecule has 0 fully saturated rings. The second-order valence-electron chi connectivity index (χ2n) is 7.19. The number of nitriles is 1. The second kappa shape index (κ2) is 10.2. The molecule has 33 heavy (non-hydrogen) atoms. The Labute approximate surface area is 193 Å². The minimum absolute atomic E-state index is 0.00832. The lowest BCUT2D eigenvalue weighted by Crippen LogP contribution is -2.32. The number of nitrogens with zero attached hydrogens (tertiary/aromatic N) is 4. The molecule has 0 bridgehead atoms.